The molecule has 1 aromatic carbocycles. The van der Waals surface area contributed by atoms with Crippen LogP contribution in [-0.4, -0.2) is 31.9 Å². The van der Waals surface area contributed by atoms with E-state index in [9.17, 15) is 0 Å². The topological polar surface area (TPSA) is 55.7 Å². The number of ether oxygens (including phenoxy) is 1. The Morgan fingerprint density at radius 1 is 1.43 bits per heavy atom. The van der Waals surface area contributed by atoms with E-state index in [1.54, 1.807) is 18.0 Å². The van der Waals surface area contributed by atoms with Crippen molar-refractivity contribution in [2.45, 2.75) is 18.6 Å². The molecule has 0 atom stereocenters. The maximum Gasteiger partial charge on any atom is 0.166 e. The van der Waals surface area contributed by atoms with Gasteiger partial charge in [0.15, 0.2) is 5.16 Å². The van der Waals surface area contributed by atoms with Gasteiger partial charge in [0, 0.05) is 30.8 Å². The second-order valence-electron chi connectivity index (χ2n) is 4.42. The number of aryl methyl sites for hydroxylation is 1. The molecule has 0 radical (unpaired) electrons. The fourth-order valence-corrected chi connectivity index (χ4v) is 3.05. The van der Waals surface area contributed by atoms with Crippen molar-refractivity contribution >= 4 is 34.4 Å². The van der Waals surface area contributed by atoms with Gasteiger partial charge in [-0.2, -0.15) is 0 Å². The largest absolute Gasteiger partial charge is 0.492 e. The molecule has 5 nitrogen and oxygen atoms in total. The average molecular weight is 323 g/mol. The van der Waals surface area contributed by atoms with Crippen molar-refractivity contribution < 1.29 is 4.74 Å². The molecule has 3 aromatic rings. The van der Waals surface area contributed by atoms with Crippen molar-refractivity contribution in [2.24, 2.45) is 0 Å². The Morgan fingerprint density at radius 3 is 3.10 bits per heavy atom. The van der Waals surface area contributed by atoms with Gasteiger partial charge in [-0.1, -0.05) is 23.4 Å². The lowest BCUT2D eigenvalue weighted by Gasteiger charge is -2.04. The summed E-state index contributed by atoms with van der Waals surface area (Å²) in [5.74, 6) is 1.59. The molecule has 0 unspecified atom stereocenters. The third-order valence-electron chi connectivity index (χ3n) is 2.96. The van der Waals surface area contributed by atoms with Crippen molar-refractivity contribution in [2.75, 3.05) is 12.4 Å². The number of hydrogen-bond donors (Lipinski definition) is 1. The molecule has 110 valence electrons. The van der Waals surface area contributed by atoms with Crippen LogP contribution in [0.15, 0.2) is 36.0 Å². The number of imidazole rings is 2. The zero-order valence-corrected chi connectivity index (χ0v) is 13.1. The summed E-state index contributed by atoms with van der Waals surface area (Å²) in [5, 5.41) is 1.48. The maximum absolute atomic E-state index is 6.17. The van der Waals surface area contributed by atoms with Gasteiger partial charge in [-0.3, -0.25) is 0 Å². The van der Waals surface area contributed by atoms with Gasteiger partial charge in [-0.15, -0.1) is 0 Å². The highest BCUT2D eigenvalue weighted by Crippen LogP contribution is 2.30. The van der Waals surface area contributed by atoms with Crippen LogP contribution in [0.5, 0.6) is 5.75 Å². The van der Waals surface area contributed by atoms with Crippen LogP contribution in [0, 0.1) is 0 Å². The lowest BCUT2D eigenvalue weighted by Crippen LogP contribution is -1.96. The molecule has 7 heteroatoms. The molecule has 21 heavy (non-hydrogen) atoms. The first-order chi connectivity index (χ1) is 10.3. The molecule has 0 amide bonds. The lowest BCUT2D eigenvalue weighted by molar-refractivity contribution is 0.341. The van der Waals surface area contributed by atoms with Gasteiger partial charge in [0.05, 0.1) is 29.0 Å². The van der Waals surface area contributed by atoms with Crippen LogP contribution in [0.4, 0.5) is 0 Å². The van der Waals surface area contributed by atoms with Crippen LogP contribution in [0.3, 0.4) is 0 Å². The summed E-state index contributed by atoms with van der Waals surface area (Å²) in [7, 11) is 0. The predicted octanol–water partition coefficient (Wildman–Crippen LogP) is 3.60. The van der Waals surface area contributed by atoms with Gasteiger partial charge in [0.1, 0.15) is 5.75 Å². The summed E-state index contributed by atoms with van der Waals surface area (Å²) in [5.41, 5.74) is 1.79. The van der Waals surface area contributed by atoms with E-state index in [0.29, 0.717) is 17.4 Å². The number of benzene rings is 1. The van der Waals surface area contributed by atoms with Gasteiger partial charge in [-0.25, -0.2) is 9.97 Å². The first-order valence-electron chi connectivity index (χ1n) is 6.67. The number of fused-ring (bicyclic) bond motifs is 1. The molecule has 0 bridgehead atoms. The molecule has 0 aliphatic carbocycles. The summed E-state index contributed by atoms with van der Waals surface area (Å²) in [4.78, 5) is 11.9. The van der Waals surface area contributed by atoms with Crippen molar-refractivity contribution in [3.05, 3.63) is 35.9 Å². The van der Waals surface area contributed by atoms with Crippen LogP contribution in [0.25, 0.3) is 11.0 Å². The van der Waals surface area contributed by atoms with Crippen LogP contribution in [-0.2, 0) is 6.54 Å². The number of hydrogen-bond acceptors (Lipinski definition) is 4. The number of thioether (sulfide) groups is 1. The molecule has 2 heterocycles. The molecule has 0 spiro atoms. The predicted molar refractivity (Wildman–Crippen MR) is 85.2 cm³/mol. The fourth-order valence-electron chi connectivity index (χ4n) is 1.99. The third-order valence-corrected chi connectivity index (χ3v) is 4.11. The summed E-state index contributed by atoms with van der Waals surface area (Å²) in [6.45, 7) is 3.41. The molecule has 0 aliphatic rings. The Bertz CT molecular complexity index is 726. The number of nitrogens with one attached hydrogen (secondary N) is 1. The van der Waals surface area contributed by atoms with Crippen molar-refractivity contribution in [3.8, 4) is 5.75 Å². The van der Waals surface area contributed by atoms with Gasteiger partial charge in [0.2, 0.25) is 0 Å². The fraction of sp³-hybridized carbons (Fsp3) is 0.286. The van der Waals surface area contributed by atoms with E-state index in [1.165, 1.54) is 0 Å². The Labute approximate surface area is 131 Å². The highest BCUT2D eigenvalue weighted by atomic mass is 35.5. The van der Waals surface area contributed by atoms with Crippen molar-refractivity contribution in [3.63, 3.8) is 0 Å². The minimum atomic E-state index is 0.585. The average Bonchev–Trinajstić information content (AvgIpc) is 3.09. The minimum Gasteiger partial charge on any atom is -0.492 e. The van der Waals surface area contributed by atoms with Crippen molar-refractivity contribution in [1.29, 1.82) is 0 Å². The Balaban J connectivity index is 1.71. The quantitative estimate of drug-likeness (QED) is 0.704. The number of halogens is 1. The SMILES string of the molecule is CCOc1cc2nc(SCCn3ccnc3)[nH]c2cc1Cl. The molecule has 0 saturated carbocycles. The first-order valence-corrected chi connectivity index (χ1v) is 8.03. The van der Waals surface area contributed by atoms with E-state index < -0.39 is 0 Å². The van der Waals surface area contributed by atoms with Gasteiger partial charge < -0.3 is 14.3 Å². The number of aromatic nitrogens is 4. The highest BCUT2D eigenvalue weighted by Gasteiger charge is 2.09. The van der Waals surface area contributed by atoms with E-state index in [1.807, 2.05) is 36.1 Å². The molecule has 3 rings (SSSR count). The summed E-state index contributed by atoms with van der Waals surface area (Å²) < 4.78 is 7.52. The normalized spacial score (nSPS) is 11.1. The first kappa shape index (κ1) is 14.3. The number of H-pyrrole nitrogens is 1. The van der Waals surface area contributed by atoms with E-state index >= 15 is 0 Å². The van der Waals surface area contributed by atoms with Crippen LogP contribution >= 0.6 is 23.4 Å². The summed E-state index contributed by atoms with van der Waals surface area (Å²) >= 11 is 7.84. The summed E-state index contributed by atoms with van der Waals surface area (Å²) in [6.07, 6.45) is 5.55. The molecular weight excluding hydrogens is 308 g/mol. The second-order valence-corrected chi connectivity index (χ2v) is 5.91. The van der Waals surface area contributed by atoms with Crippen LogP contribution in [0.2, 0.25) is 5.02 Å². The Hall–Kier alpha value is -1.66. The van der Waals surface area contributed by atoms with Crippen LogP contribution < -0.4 is 4.74 Å². The lowest BCUT2D eigenvalue weighted by atomic mass is 10.3. The van der Waals surface area contributed by atoms with Crippen LogP contribution in [0.1, 0.15) is 6.92 Å². The molecular formula is C14H15ClN4OS. The second kappa shape index (κ2) is 6.41. The van der Waals surface area contributed by atoms with E-state index in [2.05, 4.69) is 15.0 Å². The molecule has 0 saturated heterocycles. The van der Waals surface area contributed by atoms with E-state index in [-0.39, 0.29) is 0 Å². The Kier molecular flexibility index (Phi) is 4.36. The Morgan fingerprint density at radius 2 is 2.33 bits per heavy atom. The third kappa shape index (κ3) is 3.33. The molecule has 0 fully saturated rings. The van der Waals surface area contributed by atoms with Gasteiger partial charge in [0.25, 0.3) is 0 Å². The van der Waals surface area contributed by atoms with Crippen molar-refractivity contribution in [1.82, 2.24) is 19.5 Å². The zero-order valence-electron chi connectivity index (χ0n) is 11.5. The molecule has 2 aromatic heterocycles. The monoisotopic (exact) mass is 322 g/mol. The number of rotatable bonds is 6. The smallest absolute Gasteiger partial charge is 0.166 e. The maximum atomic E-state index is 6.17. The highest BCUT2D eigenvalue weighted by molar-refractivity contribution is 7.99. The number of nitrogens with zero attached hydrogens (tertiary/aromatic N) is 3. The number of aromatic amines is 1. The molecule has 1 N–H and O–H groups in total. The van der Waals surface area contributed by atoms with Gasteiger partial charge in [-0.05, 0) is 13.0 Å². The van der Waals surface area contributed by atoms with E-state index in [0.717, 1.165) is 28.5 Å². The summed E-state index contributed by atoms with van der Waals surface area (Å²) in [6, 6.07) is 3.73. The minimum absolute atomic E-state index is 0.585. The van der Waals surface area contributed by atoms with E-state index in [4.69, 9.17) is 16.3 Å². The van der Waals surface area contributed by atoms with Gasteiger partial charge >= 0.3 is 0 Å². The molecule has 0 aliphatic heterocycles. The zero-order chi connectivity index (χ0) is 14.7. The standard InChI is InChI=1S/C14H15ClN4OS/c1-2-20-13-8-12-11(7-10(13)15)17-14(18-12)21-6-5-19-4-3-16-9-19/h3-4,7-9H,2,5-6H2,1H3,(H,17,18).